The molecule has 0 aliphatic carbocycles. The summed E-state index contributed by atoms with van der Waals surface area (Å²) in [6.07, 6.45) is 3.08. The van der Waals surface area contributed by atoms with Gasteiger partial charge < -0.3 is 4.74 Å². The highest BCUT2D eigenvalue weighted by atomic mass is 16.5. The standard InChI is InChI=1S/C17H18N2O/c1-4-13(2)9-10-20-17-7-5-15(6-8-17)14(3)16(11-18)12-19/h5-9H,4,10H2,1-3H3/b13-9-. The topological polar surface area (TPSA) is 56.8 Å². The first-order valence-electron chi connectivity index (χ1n) is 6.52. The molecule has 1 aromatic rings. The van der Waals surface area contributed by atoms with Crippen molar-refractivity contribution in [3.05, 3.63) is 47.1 Å². The van der Waals surface area contributed by atoms with E-state index in [9.17, 15) is 0 Å². The summed E-state index contributed by atoms with van der Waals surface area (Å²) in [5.41, 5.74) is 2.98. The number of hydrogen-bond donors (Lipinski definition) is 0. The fraction of sp³-hybridized carbons (Fsp3) is 0.294. The zero-order valence-electron chi connectivity index (χ0n) is 12.1. The molecule has 0 saturated heterocycles. The molecule has 3 heteroatoms. The minimum absolute atomic E-state index is 0.139. The Bertz CT molecular complexity index is 579. The lowest BCUT2D eigenvalue weighted by molar-refractivity contribution is 0.361. The van der Waals surface area contributed by atoms with Crippen molar-refractivity contribution >= 4 is 5.57 Å². The first-order chi connectivity index (χ1) is 9.62. The van der Waals surface area contributed by atoms with Gasteiger partial charge in [0, 0.05) is 0 Å². The van der Waals surface area contributed by atoms with Gasteiger partial charge in [-0.15, -0.1) is 0 Å². The van der Waals surface area contributed by atoms with Crippen molar-refractivity contribution < 1.29 is 4.74 Å². The molecular weight excluding hydrogens is 248 g/mol. The summed E-state index contributed by atoms with van der Waals surface area (Å²) >= 11 is 0. The molecule has 0 amide bonds. The predicted molar refractivity (Wildman–Crippen MR) is 79.8 cm³/mol. The molecule has 3 nitrogen and oxygen atoms in total. The van der Waals surface area contributed by atoms with E-state index in [1.807, 2.05) is 36.4 Å². The Morgan fingerprint density at radius 3 is 2.25 bits per heavy atom. The number of benzene rings is 1. The van der Waals surface area contributed by atoms with Crippen LogP contribution in [0.1, 0.15) is 32.8 Å². The Hall–Kier alpha value is -2.52. The van der Waals surface area contributed by atoms with Crippen molar-refractivity contribution in [3.8, 4) is 17.9 Å². The summed E-state index contributed by atoms with van der Waals surface area (Å²) in [5.74, 6) is 0.775. The van der Waals surface area contributed by atoms with Crippen LogP contribution in [0.3, 0.4) is 0 Å². The summed E-state index contributed by atoms with van der Waals surface area (Å²) < 4.78 is 5.60. The minimum atomic E-state index is 0.139. The number of rotatable bonds is 5. The highest BCUT2D eigenvalue weighted by Gasteiger charge is 2.03. The van der Waals surface area contributed by atoms with Crippen LogP contribution in [0.15, 0.2) is 41.5 Å². The largest absolute Gasteiger partial charge is 0.490 e. The second kappa shape index (κ2) is 7.81. The van der Waals surface area contributed by atoms with Crippen molar-refractivity contribution in [3.63, 3.8) is 0 Å². The molecule has 0 bridgehead atoms. The monoisotopic (exact) mass is 266 g/mol. The Morgan fingerprint density at radius 1 is 1.15 bits per heavy atom. The normalized spacial score (nSPS) is 10.3. The summed E-state index contributed by atoms with van der Waals surface area (Å²) in [4.78, 5) is 0. The average molecular weight is 266 g/mol. The van der Waals surface area contributed by atoms with Crippen molar-refractivity contribution in [2.75, 3.05) is 6.61 Å². The Labute approximate surface area is 120 Å². The van der Waals surface area contributed by atoms with E-state index in [0.29, 0.717) is 12.2 Å². The van der Waals surface area contributed by atoms with Gasteiger partial charge in [-0.1, -0.05) is 24.6 Å². The first-order valence-corrected chi connectivity index (χ1v) is 6.52. The van der Waals surface area contributed by atoms with E-state index < -0.39 is 0 Å². The summed E-state index contributed by atoms with van der Waals surface area (Å²) in [6.45, 7) is 6.50. The molecular formula is C17H18N2O. The fourth-order valence-electron chi connectivity index (χ4n) is 1.56. The van der Waals surface area contributed by atoms with Gasteiger partial charge in [-0.25, -0.2) is 0 Å². The minimum Gasteiger partial charge on any atom is -0.490 e. The van der Waals surface area contributed by atoms with Gasteiger partial charge in [0.05, 0.1) is 0 Å². The highest BCUT2D eigenvalue weighted by molar-refractivity contribution is 5.73. The van der Waals surface area contributed by atoms with E-state index in [-0.39, 0.29) is 5.57 Å². The van der Waals surface area contributed by atoms with Crippen LogP contribution < -0.4 is 4.74 Å². The van der Waals surface area contributed by atoms with E-state index in [1.165, 1.54) is 5.57 Å². The van der Waals surface area contributed by atoms with E-state index >= 15 is 0 Å². The summed E-state index contributed by atoms with van der Waals surface area (Å²) in [7, 11) is 0. The number of hydrogen-bond acceptors (Lipinski definition) is 3. The number of allylic oxidation sites excluding steroid dienone is 3. The molecule has 102 valence electrons. The first kappa shape index (κ1) is 15.5. The van der Waals surface area contributed by atoms with Crippen LogP contribution in [0, 0.1) is 22.7 Å². The third kappa shape index (κ3) is 4.30. The van der Waals surface area contributed by atoms with Crippen LogP contribution in [-0.4, -0.2) is 6.61 Å². The van der Waals surface area contributed by atoms with Crippen LogP contribution in [-0.2, 0) is 0 Å². The predicted octanol–water partition coefficient (Wildman–Crippen LogP) is 4.24. The molecule has 1 aromatic carbocycles. The van der Waals surface area contributed by atoms with Crippen LogP contribution in [0.5, 0.6) is 5.75 Å². The Balaban J connectivity index is 2.78. The average Bonchev–Trinajstić information content (AvgIpc) is 2.48. The van der Waals surface area contributed by atoms with Crippen LogP contribution in [0.2, 0.25) is 0 Å². The maximum absolute atomic E-state index is 8.84. The summed E-state index contributed by atoms with van der Waals surface area (Å²) in [5, 5.41) is 17.7. The van der Waals surface area contributed by atoms with E-state index in [0.717, 1.165) is 17.7 Å². The Kier molecular flexibility index (Phi) is 6.07. The van der Waals surface area contributed by atoms with Gasteiger partial charge in [-0.05, 0) is 49.6 Å². The zero-order chi connectivity index (χ0) is 15.0. The molecule has 0 N–H and O–H groups in total. The van der Waals surface area contributed by atoms with Gasteiger partial charge in [0.2, 0.25) is 0 Å². The van der Waals surface area contributed by atoms with Crippen molar-refractivity contribution in [1.29, 1.82) is 10.5 Å². The molecule has 0 saturated carbocycles. The molecule has 0 unspecified atom stereocenters. The SMILES string of the molecule is CC/C(C)=C\COc1ccc(C(C)=C(C#N)C#N)cc1. The van der Waals surface area contributed by atoms with Gasteiger partial charge in [0.15, 0.2) is 0 Å². The molecule has 0 aromatic heterocycles. The van der Waals surface area contributed by atoms with Crippen LogP contribution in [0.4, 0.5) is 0 Å². The van der Waals surface area contributed by atoms with Gasteiger partial charge in [-0.3, -0.25) is 0 Å². The zero-order valence-corrected chi connectivity index (χ0v) is 12.1. The highest BCUT2D eigenvalue weighted by Crippen LogP contribution is 2.21. The third-order valence-corrected chi connectivity index (χ3v) is 3.13. The number of ether oxygens (including phenoxy) is 1. The number of nitriles is 2. The van der Waals surface area contributed by atoms with Crippen molar-refractivity contribution in [1.82, 2.24) is 0 Å². The quantitative estimate of drug-likeness (QED) is 0.591. The van der Waals surface area contributed by atoms with Gasteiger partial charge in [0.1, 0.15) is 30.1 Å². The van der Waals surface area contributed by atoms with E-state index in [4.69, 9.17) is 15.3 Å². The van der Waals surface area contributed by atoms with Crippen LogP contribution in [0.25, 0.3) is 5.57 Å². The lowest BCUT2D eigenvalue weighted by Gasteiger charge is -2.06. The number of nitrogens with zero attached hydrogens (tertiary/aromatic N) is 2. The maximum Gasteiger partial charge on any atom is 0.133 e. The second-order valence-electron chi connectivity index (χ2n) is 4.46. The molecule has 0 fully saturated rings. The van der Waals surface area contributed by atoms with E-state index in [1.54, 1.807) is 6.92 Å². The van der Waals surface area contributed by atoms with Gasteiger partial charge >= 0.3 is 0 Å². The molecule has 0 aliphatic heterocycles. The third-order valence-electron chi connectivity index (χ3n) is 3.13. The maximum atomic E-state index is 8.84. The van der Waals surface area contributed by atoms with Crippen LogP contribution >= 0.6 is 0 Å². The molecule has 20 heavy (non-hydrogen) atoms. The lowest BCUT2D eigenvalue weighted by Crippen LogP contribution is -1.94. The van der Waals surface area contributed by atoms with Gasteiger partial charge in [-0.2, -0.15) is 10.5 Å². The van der Waals surface area contributed by atoms with E-state index in [2.05, 4.69) is 19.9 Å². The molecule has 1 rings (SSSR count). The second-order valence-corrected chi connectivity index (χ2v) is 4.46. The molecule has 0 radical (unpaired) electrons. The Morgan fingerprint density at radius 2 is 1.75 bits per heavy atom. The fourth-order valence-corrected chi connectivity index (χ4v) is 1.56. The molecule has 0 atom stereocenters. The molecule has 0 aliphatic rings. The van der Waals surface area contributed by atoms with Gasteiger partial charge in [0.25, 0.3) is 0 Å². The smallest absolute Gasteiger partial charge is 0.133 e. The van der Waals surface area contributed by atoms with Crippen molar-refractivity contribution in [2.45, 2.75) is 27.2 Å². The van der Waals surface area contributed by atoms with Crippen molar-refractivity contribution in [2.24, 2.45) is 0 Å². The molecule has 0 heterocycles. The molecule has 0 spiro atoms. The lowest BCUT2D eigenvalue weighted by atomic mass is 10.0. The summed E-state index contributed by atoms with van der Waals surface area (Å²) in [6, 6.07) is 11.2.